The van der Waals surface area contributed by atoms with Crippen molar-refractivity contribution in [2.75, 3.05) is 0 Å². The van der Waals surface area contributed by atoms with Gasteiger partial charge in [0.2, 0.25) is 0 Å². The van der Waals surface area contributed by atoms with Crippen LogP contribution in [-0.2, 0) is 0 Å². The first-order chi connectivity index (χ1) is 6.83. The number of rotatable bonds is 2. The van der Waals surface area contributed by atoms with Crippen LogP contribution in [0.5, 0.6) is 0 Å². The molecule has 2 aromatic rings. The third kappa shape index (κ3) is 1.31. The fourth-order valence-corrected chi connectivity index (χ4v) is 1.44. The summed E-state index contributed by atoms with van der Waals surface area (Å²) in [7, 11) is 0. The van der Waals surface area contributed by atoms with Crippen LogP contribution >= 0.6 is 0 Å². The molecule has 1 heterocycles. The highest BCUT2D eigenvalue weighted by atomic mass is 14.7. The highest BCUT2D eigenvalue weighted by Gasteiger charge is 2.02. The average molecular weight is 182 g/mol. The zero-order valence-electron chi connectivity index (χ0n) is 7.77. The molecule has 0 saturated carbocycles. The SMILES string of the molecule is C=NC(=C)c1cccc2ncccc12. The molecular weight excluding hydrogens is 172 g/mol. The molecule has 0 atom stereocenters. The molecule has 1 aromatic heterocycles. The Bertz CT molecular complexity index is 495. The van der Waals surface area contributed by atoms with Crippen LogP contribution in [-0.4, -0.2) is 11.7 Å². The Kier molecular flexibility index (Phi) is 2.11. The quantitative estimate of drug-likeness (QED) is 0.655. The molecule has 2 nitrogen and oxygen atoms in total. The van der Waals surface area contributed by atoms with Crippen LogP contribution in [0.15, 0.2) is 48.1 Å². The molecule has 0 N–H and O–H groups in total. The zero-order chi connectivity index (χ0) is 9.97. The number of fused-ring (bicyclic) bond motifs is 1. The molecule has 0 bridgehead atoms. The molecule has 0 saturated heterocycles. The second kappa shape index (κ2) is 3.42. The number of benzene rings is 1. The van der Waals surface area contributed by atoms with E-state index in [0.717, 1.165) is 16.5 Å². The van der Waals surface area contributed by atoms with Gasteiger partial charge in [-0.1, -0.05) is 24.8 Å². The number of aromatic nitrogens is 1. The van der Waals surface area contributed by atoms with E-state index in [1.807, 2.05) is 30.3 Å². The van der Waals surface area contributed by atoms with Crippen molar-refractivity contribution >= 4 is 23.3 Å². The maximum atomic E-state index is 4.26. The molecule has 0 fully saturated rings. The van der Waals surface area contributed by atoms with Crippen LogP contribution in [0.3, 0.4) is 0 Å². The molecule has 1 aromatic carbocycles. The Morgan fingerprint density at radius 1 is 1.21 bits per heavy atom. The predicted octanol–water partition coefficient (Wildman–Crippen LogP) is 2.91. The molecule has 68 valence electrons. The van der Waals surface area contributed by atoms with Gasteiger partial charge in [0.05, 0.1) is 11.2 Å². The number of pyridine rings is 1. The van der Waals surface area contributed by atoms with E-state index in [2.05, 4.69) is 23.3 Å². The van der Waals surface area contributed by atoms with Crippen molar-refractivity contribution in [1.29, 1.82) is 0 Å². The Morgan fingerprint density at radius 2 is 2.07 bits per heavy atom. The van der Waals surface area contributed by atoms with Gasteiger partial charge < -0.3 is 0 Å². The van der Waals surface area contributed by atoms with Gasteiger partial charge in [-0.2, -0.15) is 0 Å². The van der Waals surface area contributed by atoms with E-state index >= 15 is 0 Å². The van der Waals surface area contributed by atoms with Gasteiger partial charge in [0.15, 0.2) is 0 Å². The number of hydrogen-bond acceptors (Lipinski definition) is 2. The van der Waals surface area contributed by atoms with E-state index in [9.17, 15) is 0 Å². The fraction of sp³-hybridized carbons (Fsp3) is 0. The third-order valence-electron chi connectivity index (χ3n) is 2.15. The summed E-state index contributed by atoms with van der Waals surface area (Å²) in [4.78, 5) is 8.09. The molecule has 0 radical (unpaired) electrons. The van der Waals surface area contributed by atoms with Crippen LogP contribution in [0.25, 0.3) is 16.6 Å². The smallest absolute Gasteiger partial charge is 0.0708 e. The van der Waals surface area contributed by atoms with Crippen LogP contribution in [0.1, 0.15) is 5.56 Å². The molecular formula is C12H10N2. The molecule has 0 amide bonds. The van der Waals surface area contributed by atoms with E-state index in [1.54, 1.807) is 6.20 Å². The highest BCUT2D eigenvalue weighted by molar-refractivity contribution is 5.91. The summed E-state index contributed by atoms with van der Waals surface area (Å²) in [6.45, 7) is 7.31. The van der Waals surface area contributed by atoms with Crippen LogP contribution in [0.4, 0.5) is 0 Å². The van der Waals surface area contributed by atoms with Crippen LogP contribution in [0.2, 0.25) is 0 Å². The van der Waals surface area contributed by atoms with E-state index < -0.39 is 0 Å². The summed E-state index contributed by atoms with van der Waals surface area (Å²) in [5.74, 6) is 0. The minimum atomic E-state index is 0.684. The molecule has 0 unspecified atom stereocenters. The van der Waals surface area contributed by atoms with Crippen molar-refractivity contribution in [3.05, 3.63) is 48.7 Å². The number of nitrogens with zero attached hydrogens (tertiary/aromatic N) is 2. The second-order valence-corrected chi connectivity index (χ2v) is 2.98. The molecule has 2 heteroatoms. The molecule has 0 aliphatic rings. The van der Waals surface area contributed by atoms with E-state index in [0.29, 0.717) is 5.70 Å². The van der Waals surface area contributed by atoms with Crippen molar-refractivity contribution in [3.8, 4) is 0 Å². The van der Waals surface area contributed by atoms with Gasteiger partial charge in [-0.3, -0.25) is 9.98 Å². The topological polar surface area (TPSA) is 25.2 Å². The molecule has 0 aliphatic heterocycles. The Labute approximate surface area is 82.6 Å². The van der Waals surface area contributed by atoms with E-state index in [4.69, 9.17) is 0 Å². The van der Waals surface area contributed by atoms with Gasteiger partial charge in [-0.15, -0.1) is 0 Å². The number of aliphatic imine (C=N–C) groups is 1. The monoisotopic (exact) mass is 182 g/mol. The van der Waals surface area contributed by atoms with Gasteiger partial charge >= 0.3 is 0 Å². The lowest BCUT2D eigenvalue weighted by Crippen LogP contribution is -1.84. The normalized spacial score (nSPS) is 10.0. The van der Waals surface area contributed by atoms with Crippen LogP contribution in [0, 0.1) is 0 Å². The van der Waals surface area contributed by atoms with Gasteiger partial charge in [0.25, 0.3) is 0 Å². The lowest BCUT2D eigenvalue weighted by atomic mass is 10.1. The second-order valence-electron chi connectivity index (χ2n) is 2.98. The number of hydrogen-bond donors (Lipinski definition) is 0. The Hall–Kier alpha value is -1.96. The Morgan fingerprint density at radius 3 is 2.86 bits per heavy atom. The van der Waals surface area contributed by atoms with Gasteiger partial charge in [0, 0.05) is 17.1 Å². The minimum Gasteiger partial charge on any atom is -0.265 e. The van der Waals surface area contributed by atoms with Gasteiger partial charge in [-0.05, 0) is 18.9 Å². The molecule has 2 rings (SSSR count). The minimum absolute atomic E-state index is 0.684. The lowest BCUT2D eigenvalue weighted by molar-refractivity contribution is 1.40. The zero-order valence-corrected chi connectivity index (χ0v) is 7.77. The summed E-state index contributed by atoms with van der Waals surface area (Å²) in [6.07, 6.45) is 1.77. The first kappa shape index (κ1) is 8.63. The maximum absolute atomic E-state index is 4.26. The fourth-order valence-electron chi connectivity index (χ4n) is 1.44. The van der Waals surface area contributed by atoms with E-state index in [1.165, 1.54) is 0 Å². The summed E-state index contributed by atoms with van der Waals surface area (Å²) in [5.41, 5.74) is 2.63. The van der Waals surface area contributed by atoms with Gasteiger partial charge in [-0.25, -0.2) is 0 Å². The standard InChI is InChI=1S/C12H10N2/c1-9(13-2)10-5-3-7-12-11(10)6-4-8-14-12/h3-8H,1-2H2. The van der Waals surface area contributed by atoms with Crippen molar-refractivity contribution < 1.29 is 0 Å². The van der Waals surface area contributed by atoms with Crippen molar-refractivity contribution in [2.24, 2.45) is 4.99 Å². The van der Waals surface area contributed by atoms with Crippen LogP contribution < -0.4 is 0 Å². The largest absolute Gasteiger partial charge is 0.265 e. The summed E-state index contributed by atoms with van der Waals surface area (Å²) >= 11 is 0. The summed E-state index contributed by atoms with van der Waals surface area (Å²) < 4.78 is 0. The molecule has 14 heavy (non-hydrogen) atoms. The highest BCUT2D eigenvalue weighted by Crippen LogP contribution is 2.22. The molecule has 0 aliphatic carbocycles. The predicted molar refractivity (Wildman–Crippen MR) is 60.3 cm³/mol. The lowest BCUT2D eigenvalue weighted by Gasteiger charge is -2.03. The maximum Gasteiger partial charge on any atom is 0.0708 e. The Balaban J connectivity index is 2.77. The third-order valence-corrected chi connectivity index (χ3v) is 2.15. The average Bonchev–Trinajstić information content (AvgIpc) is 2.27. The van der Waals surface area contributed by atoms with Gasteiger partial charge in [0.1, 0.15) is 0 Å². The molecule has 0 spiro atoms. The van der Waals surface area contributed by atoms with Crippen molar-refractivity contribution in [2.45, 2.75) is 0 Å². The summed E-state index contributed by atoms with van der Waals surface area (Å²) in [5, 5.41) is 1.06. The van der Waals surface area contributed by atoms with Crippen molar-refractivity contribution in [3.63, 3.8) is 0 Å². The first-order valence-electron chi connectivity index (χ1n) is 4.32. The first-order valence-corrected chi connectivity index (χ1v) is 4.32. The summed E-state index contributed by atoms with van der Waals surface area (Å²) in [6, 6.07) is 9.80. The van der Waals surface area contributed by atoms with Crippen molar-refractivity contribution in [1.82, 2.24) is 4.98 Å². The van der Waals surface area contributed by atoms with E-state index in [-0.39, 0.29) is 0 Å².